The summed E-state index contributed by atoms with van der Waals surface area (Å²) in [7, 11) is 0. The number of carbonyl (C=O) groups is 1. The van der Waals surface area contributed by atoms with Crippen molar-refractivity contribution >= 4 is 45.9 Å². The maximum Gasteiger partial charge on any atom is 0.234 e. The van der Waals surface area contributed by atoms with Crippen molar-refractivity contribution in [1.29, 1.82) is 0 Å². The summed E-state index contributed by atoms with van der Waals surface area (Å²) < 4.78 is 17.0. The largest absolute Gasteiger partial charge is 0.325 e. The minimum absolute atomic E-state index is 0.123. The lowest BCUT2D eigenvalue weighted by atomic mass is 10.2. The fourth-order valence-corrected chi connectivity index (χ4v) is 4.06. The first-order valence-electron chi connectivity index (χ1n) is 8.36. The highest BCUT2D eigenvalue weighted by Crippen LogP contribution is 2.26. The van der Waals surface area contributed by atoms with Crippen molar-refractivity contribution in [1.82, 2.24) is 14.8 Å². The zero-order valence-electron chi connectivity index (χ0n) is 14.9. The molecule has 0 radical (unpaired) electrons. The van der Waals surface area contributed by atoms with Crippen LogP contribution in [0.3, 0.4) is 0 Å². The average Bonchev–Trinajstić information content (AvgIpc) is 3.05. The van der Waals surface area contributed by atoms with E-state index in [1.54, 1.807) is 18.2 Å². The van der Waals surface area contributed by atoms with E-state index in [0.717, 1.165) is 14.8 Å². The Kier molecular flexibility index (Phi) is 6.48. The molecule has 0 aliphatic heterocycles. The third-order valence-electron chi connectivity index (χ3n) is 3.94. The molecule has 0 fully saturated rings. The first-order valence-corrected chi connectivity index (χ1v) is 10.4. The van der Waals surface area contributed by atoms with Crippen molar-refractivity contribution in [2.75, 3.05) is 11.1 Å². The number of thioether (sulfide) groups is 1. The van der Waals surface area contributed by atoms with Gasteiger partial charge in [0.15, 0.2) is 11.0 Å². The highest BCUT2D eigenvalue weighted by Gasteiger charge is 2.17. The molecular formula is C19H18FIN4OS. The Morgan fingerprint density at radius 3 is 2.74 bits per heavy atom. The molecule has 3 aromatic rings. The van der Waals surface area contributed by atoms with Crippen molar-refractivity contribution in [2.45, 2.75) is 25.5 Å². The van der Waals surface area contributed by atoms with Gasteiger partial charge >= 0.3 is 0 Å². The Balaban J connectivity index is 1.71. The van der Waals surface area contributed by atoms with Gasteiger partial charge in [0.1, 0.15) is 5.82 Å². The molecule has 1 amide bonds. The summed E-state index contributed by atoms with van der Waals surface area (Å²) in [5.74, 6) is 0.193. The summed E-state index contributed by atoms with van der Waals surface area (Å²) in [4.78, 5) is 12.3. The van der Waals surface area contributed by atoms with Crippen LogP contribution in [-0.4, -0.2) is 26.4 Å². The van der Waals surface area contributed by atoms with Crippen LogP contribution in [-0.2, 0) is 11.3 Å². The maximum atomic E-state index is 14.1. The van der Waals surface area contributed by atoms with Gasteiger partial charge in [-0.05, 0) is 72.3 Å². The van der Waals surface area contributed by atoms with Crippen LogP contribution in [0.2, 0.25) is 0 Å². The Morgan fingerprint density at radius 1 is 1.26 bits per heavy atom. The van der Waals surface area contributed by atoms with E-state index in [0.29, 0.717) is 23.1 Å². The number of rotatable bonds is 6. The van der Waals surface area contributed by atoms with Gasteiger partial charge in [0.25, 0.3) is 0 Å². The lowest BCUT2D eigenvalue weighted by Gasteiger charge is -2.10. The summed E-state index contributed by atoms with van der Waals surface area (Å²) in [6, 6.07) is 12.3. The second kappa shape index (κ2) is 8.83. The predicted octanol–water partition coefficient (Wildman–Crippen LogP) is 4.75. The summed E-state index contributed by atoms with van der Waals surface area (Å²) >= 11 is 3.52. The van der Waals surface area contributed by atoms with Crippen molar-refractivity contribution in [2.24, 2.45) is 0 Å². The highest BCUT2D eigenvalue weighted by atomic mass is 127. The molecule has 0 aliphatic rings. The molecule has 0 saturated carbocycles. The molecule has 27 heavy (non-hydrogen) atoms. The third-order valence-corrected chi connectivity index (χ3v) is 5.58. The van der Waals surface area contributed by atoms with Crippen LogP contribution in [0.5, 0.6) is 0 Å². The molecule has 1 heterocycles. The van der Waals surface area contributed by atoms with E-state index >= 15 is 0 Å². The summed E-state index contributed by atoms with van der Waals surface area (Å²) in [6.45, 7) is 4.48. The number of nitrogens with one attached hydrogen (secondary N) is 1. The monoisotopic (exact) mass is 496 g/mol. The number of hydrogen-bond acceptors (Lipinski definition) is 4. The summed E-state index contributed by atoms with van der Waals surface area (Å²) in [6.07, 6.45) is 0. The molecule has 0 unspecified atom stereocenters. The van der Waals surface area contributed by atoms with Gasteiger partial charge in [-0.1, -0.05) is 23.9 Å². The molecule has 5 nitrogen and oxygen atoms in total. The van der Waals surface area contributed by atoms with Gasteiger partial charge in [0, 0.05) is 15.8 Å². The minimum Gasteiger partial charge on any atom is -0.325 e. The van der Waals surface area contributed by atoms with E-state index < -0.39 is 0 Å². The fourth-order valence-electron chi connectivity index (χ4n) is 2.61. The zero-order valence-corrected chi connectivity index (χ0v) is 17.8. The quantitative estimate of drug-likeness (QED) is 0.396. The Hall–Kier alpha value is -1.94. The number of carbonyl (C=O) groups excluding carboxylic acids is 1. The van der Waals surface area contributed by atoms with E-state index in [4.69, 9.17) is 0 Å². The molecule has 8 heteroatoms. The van der Waals surface area contributed by atoms with Crippen LogP contribution >= 0.6 is 34.4 Å². The maximum absolute atomic E-state index is 14.1. The number of halogens is 2. The second-order valence-corrected chi connectivity index (χ2v) is 8.01. The van der Waals surface area contributed by atoms with Gasteiger partial charge < -0.3 is 9.88 Å². The standard InChI is InChI=1S/C19H18FIN4OS/c1-3-25-18(14-6-4-5-7-15(14)20)23-24-19(25)27-11-17(26)22-16-9-8-13(21)10-12(16)2/h4-10H,3,11H2,1-2H3,(H,22,26). The predicted molar refractivity (Wildman–Crippen MR) is 114 cm³/mol. The topological polar surface area (TPSA) is 59.8 Å². The summed E-state index contributed by atoms with van der Waals surface area (Å²) in [5.41, 5.74) is 2.21. The smallest absolute Gasteiger partial charge is 0.234 e. The Morgan fingerprint density at radius 2 is 2.04 bits per heavy atom. The third kappa shape index (κ3) is 4.67. The fraction of sp³-hybridized carbons (Fsp3) is 0.211. The molecule has 1 N–H and O–H groups in total. The molecule has 140 valence electrons. The first-order chi connectivity index (χ1) is 13.0. The van der Waals surface area contributed by atoms with Gasteiger partial charge in [-0.2, -0.15) is 0 Å². The van der Waals surface area contributed by atoms with Gasteiger partial charge in [-0.15, -0.1) is 10.2 Å². The lowest BCUT2D eigenvalue weighted by Crippen LogP contribution is -2.15. The first kappa shape index (κ1) is 19.8. The van der Waals surface area contributed by atoms with E-state index in [9.17, 15) is 9.18 Å². The van der Waals surface area contributed by atoms with Crippen LogP contribution in [0.1, 0.15) is 12.5 Å². The number of hydrogen-bond donors (Lipinski definition) is 1. The second-order valence-electron chi connectivity index (χ2n) is 5.83. The van der Waals surface area contributed by atoms with Gasteiger partial charge in [0.05, 0.1) is 11.3 Å². The number of nitrogens with zero attached hydrogens (tertiary/aromatic N) is 3. The summed E-state index contributed by atoms with van der Waals surface area (Å²) in [5, 5.41) is 11.8. The van der Waals surface area contributed by atoms with Crippen LogP contribution in [0.4, 0.5) is 10.1 Å². The van der Waals surface area contributed by atoms with Gasteiger partial charge in [0.2, 0.25) is 5.91 Å². The van der Waals surface area contributed by atoms with Crippen molar-refractivity contribution < 1.29 is 9.18 Å². The molecule has 0 spiro atoms. The van der Waals surface area contributed by atoms with Crippen LogP contribution < -0.4 is 5.32 Å². The molecule has 2 aromatic carbocycles. The lowest BCUT2D eigenvalue weighted by molar-refractivity contribution is -0.113. The minimum atomic E-state index is -0.344. The number of anilines is 1. The molecule has 1 aromatic heterocycles. The average molecular weight is 496 g/mol. The van der Waals surface area contributed by atoms with E-state index in [1.165, 1.54) is 17.8 Å². The zero-order chi connectivity index (χ0) is 19.4. The van der Waals surface area contributed by atoms with Gasteiger partial charge in [-0.3, -0.25) is 4.79 Å². The highest BCUT2D eigenvalue weighted by molar-refractivity contribution is 14.1. The molecular weight excluding hydrogens is 478 g/mol. The van der Waals surface area contributed by atoms with E-state index in [-0.39, 0.29) is 17.5 Å². The van der Waals surface area contributed by atoms with E-state index in [1.807, 2.05) is 36.6 Å². The van der Waals surface area contributed by atoms with E-state index in [2.05, 4.69) is 38.1 Å². The number of amides is 1. The molecule has 3 rings (SSSR count). The molecule has 0 bridgehead atoms. The van der Waals surface area contributed by atoms with Crippen LogP contribution in [0.25, 0.3) is 11.4 Å². The SMILES string of the molecule is CCn1c(SCC(=O)Nc2ccc(I)cc2C)nnc1-c1ccccc1F. The Bertz CT molecular complexity index is 976. The van der Waals surface area contributed by atoms with Crippen molar-refractivity contribution in [3.8, 4) is 11.4 Å². The van der Waals surface area contributed by atoms with Crippen molar-refractivity contribution in [3.63, 3.8) is 0 Å². The normalized spacial score (nSPS) is 10.8. The van der Waals surface area contributed by atoms with Crippen molar-refractivity contribution in [3.05, 3.63) is 57.4 Å². The number of benzene rings is 2. The number of aryl methyl sites for hydroxylation is 1. The van der Waals surface area contributed by atoms with Crippen LogP contribution in [0.15, 0.2) is 47.6 Å². The molecule has 0 aliphatic carbocycles. The Labute approximate surface area is 174 Å². The molecule has 0 atom stereocenters. The molecule has 0 saturated heterocycles. The number of aromatic nitrogens is 3. The van der Waals surface area contributed by atoms with Gasteiger partial charge in [-0.25, -0.2) is 4.39 Å². The van der Waals surface area contributed by atoms with Crippen LogP contribution in [0, 0.1) is 16.3 Å².